The van der Waals surface area contributed by atoms with E-state index in [2.05, 4.69) is 0 Å². The molecule has 2 aromatic carbocycles. The fraction of sp³-hybridized carbons (Fsp3) is 0.500. The highest BCUT2D eigenvalue weighted by molar-refractivity contribution is 7.91. The van der Waals surface area contributed by atoms with Gasteiger partial charge in [-0.25, -0.2) is 17.2 Å². The van der Waals surface area contributed by atoms with E-state index in [-0.39, 0.29) is 16.2 Å². The van der Waals surface area contributed by atoms with Crippen molar-refractivity contribution in [3.8, 4) is 0 Å². The van der Waals surface area contributed by atoms with Gasteiger partial charge < -0.3 is 5.11 Å². The number of fused-ring (bicyclic) bond motifs is 1. The van der Waals surface area contributed by atoms with Gasteiger partial charge in [0.1, 0.15) is 16.5 Å². The van der Waals surface area contributed by atoms with Crippen LogP contribution in [0, 0.1) is 17.0 Å². The Bertz CT molecular complexity index is 962. The van der Waals surface area contributed by atoms with E-state index in [1.165, 1.54) is 18.2 Å². The van der Waals surface area contributed by atoms with Crippen LogP contribution in [0.5, 0.6) is 0 Å². The number of benzene rings is 2. The van der Waals surface area contributed by atoms with E-state index < -0.39 is 38.9 Å². The smallest absolute Gasteiger partial charge is 0.182 e. The third-order valence-corrected chi connectivity index (χ3v) is 8.36. The quantitative estimate of drug-likeness (QED) is 0.614. The Labute approximate surface area is 178 Å². The molecule has 1 N–H and O–H groups in total. The summed E-state index contributed by atoms with van der Waals surface area (Å²) in [5, 5.41) is 11.7. The Kier molecular flexibility index (Phi) is 6.98. The molecule has 0 saturated heterocycles. The van der Waals surface area contributed by atoms with E-state index in [0.29, 0.717) is 18.4 Å². The molecule has 0 radical (unpaired) electrons. The third-order valence-electron chi connectivity index (χ3n) is 6.35. The molecule has 3 nitrogen and oxygen atoms in total. The summed E-state index contributed by atoms with van der Waals surface area (Å²) in [6.07, 6.45) is 3.32. The van der Waals surface area contributed by atoms with E-state index in [0.717, 1.165) is 31.7 Å². The number of rotatable bonds is 7. The van der Waals surface area contributed by atoms with Crippen LogP contribution < -0.4 is 0 Å². The van der Waals surface area contributed by atoms with Gasteiger partial charge in [-0.1, -0.05) is 63.8 Å². The number of hydrogen-bond donors (Lipinski definition) is 1. The summed E-state index contributed by atoms with van der Waals surface area (Å²) in [7, 11) is -3.97. The van der Waals surface area contributed by atoms with Crippen molar-refractivity contribution in [2.45, 2.75) is 69.3 Å². The SMILES string of the molecule is CCCCC1(CCCC)CS(=O)(=O)c2c(F)cccc2[C@@H](c2ccc(F)cc2)[C@H]1O. The molecule has 1 heterocycles. The lowest BCUT2D eigenvalue weighted by Crippen LogP contribution is -2.43. The minimum absolute atomic E-state index is 0.254. The second-order valence-corrected chi connectivity index (χ2v) is 10.4. The summed E-state index contributed by atoms with van der Waals surface area (Å²) in [5.74, 6) is -2.25. The predicted octanol–water partition coefficient (Wildman–Crippen LogP) is 5.61. The van der Waals surface area contributed by atoms with Gasteiger partial charge in [0, 0.05) is 11.3 Å². The average Bonchev–Trinajstić information content (AvgIpc) is 2.78. The molecule has 0 unspecified atom stereocenters. The van der Waals surface area contributed by atoms with Gasteiger partial charge in [-0.2, -0.15) is 0 Å². The van der Waals surface area contributed by atoms with Gasteiger partial charge in [0.25, 0.3) is 0 Å². The maximum absolute atomic E-state index is 14.9. The molecule has 6 heteroatoms. The fourth-order valence-electron chi connectivity index (χ4n) is 4.81. The van der Waals surface area contributed by atoms with E-state index in [9.17, 15) is 22.3 Å². The number of halogens is 2. The summed E-state index contributed by atoms with van der Waals surface area (Å²) in [6, 6.07) is 9.89. The van der Waals surface area contributed by atoms with Gasteiger partial charge in [0.05, 0.1) is 11.9 Å². The van der Waals surface area contributed by atoms with Gasteiger partial charge in [-0.05, 0) is 42.2 Å². The van der Waals surface area contributed by atoms with E-state index in [4.69, 9.17) is 0 Å². The normalized spacial score (nSPS) is 22.3. The summed E-state index contributed by atoms with van der Waals surface area (Å²) >= 11 is 0. The molecule has 0 saturated carbocycles. The Balaban J connectivity index is 2.28. The van der Waals surface area contributed by atoms with Crippen molar-refractivity contribution in [1.82, 2.24) is 0 Å². The molecule has 0 amide bonds. The molecule has 1 aliphatic heterocycles. The zero-order chi connectivity index (χ0) is 21.9. The largest absolute Gasteiger partial charge is 0.392 e. The highest BCUT2D eigenvalue weighted by atomic mass is 32.2. The molecule has 2 aromatic rings. The number of aliphatic hydroxyl groups is 1. The second-order valence-electron chi connectivity index (χ2n) is 8.46. The van der Waals surface area contributed by atoms with Crippen LogP contribution in [-0.2, 0) is 9.84 Å². The first-order valence-corrected chi connectivity index (χ1v) is 12.4. The molecule has 0 bridgehead atoms. The monoisotopic (exact) mass is 436 g/mol. The Morgan fingerprint density at radius 3 is 2.17 bits per heavy atom. The van der Waals surface area contributed by atoms with Crippen molar-refractivity contribution in [3.63, 3.8) is 0 Å². The molecule has 0 spiro atoms. The van der Waals surface area contributed by atoms with Crippen molar-refractivity contribution >= 4 is 9.84 Å². The molecular formula is C24H30F2O3S. The lowest BCUT2D eigenvalue weighted by molar-refractivity contribution is 0.0126. The molecule has 2 atom stereocenters. The number of unbranched alkanes of at least 4 members (excludes halogenated alkanes) is 2. The Morgan fingerprint density at radius 1 is 1.00 bits per heavy atom. The van der Waals surface area contributed by atoms with Crippen LogP contribution in [0.25, 0.3) is 0 Å². The van der Waals surface area contributed by atoms with Gasteiger partial charge in [0.15, 0.2) is 9.84 Å². The molecule has 30 heavy (non-hydrogen) atoms. The average molecular weight is 437 g/mol. The van der Waals surface area contributed by atoms with Gasteiger partial charge >= 0.3 is 0 Å². The Hall–Kier alpha value is -1.79. The van der Waals surface area contributed by atoms with Crippen LogP contribution in [0.4, 0.5) is 8.78 Å². The summed E-state index contributed by atoms with van der Waals surface area (Å²) in [4.78, 5) is -0.326. The van der Waals surface area contributed by atoms with Crippen LogP contribution in [0.1, 0.15) is 69.4 Å². The summed E-state index contributed by atoms with van der Waals surface area (Å²) in [5.41, 5.74) is -0.0516. The summed E-state index contributed by atoms with van der Waals surface area (Å²) in [6.45, 7) is 4.05. The number of hydrogen-bond acceptors (Lipinski definition) is 3. The highest BCUT2D eigenvalue weighted by Crippen LogP contribution is 2.49. The minimum Gasteiger partial charge on any atom is -0.392 e. The first-order chi connectivity index (χ1) is 14.3. The maximum Gasteiger partial charge on any atom is 0.182 e. The minimum atomic E-state index is -3.97. The van der Waals surface area contributed by atoms with E-state index in [1.807, 2.05) is 13.8 Å². The molecule has 3 rings (SSSR count). The standard InChI is InChI=1S/C24H30F2O3S/c1-3-5-14-24(15-6-4-2)16-30(28,29)22-19(8-7-9-20(22)26)21(23(24)27)17-10-12-18(25)13-11-17/h7-13,21,23,27H,3-6,14-16H2,1-2H3/t21-,23-/m1/s1. The van der Waals surface area contributed by atoms with Crippen LogP contribution >= 0.6 is 0 Å². The fourth-order valence-corrected chi connectivity index (χ4v) is 7.09. The molecule has 0 fully saturated rings. The summed E-state index contributed by atoms with van der Waals surface area (Å²) < 4.78 is 55.3. The molecule has 164 valence electrons. The highest BCUT2D eigenvalue weighted by Gasteiger charge is 2.50. The lowest BCUT2D eigenvalue weighted by Gasteiger charge is -2.40. The van der Waals surface area contributed by atoms with Crippen LogP contribution in [0.3, 0.4) is 0 Å². The molecule has 1 aliphatic rings. The molecule has 0 aliphatic carbocycles. The van der Waals surface area contributed by atoms with Crippen LogP contribution in [0.15, 0.2) is 47.4 Å². The van der Waals surface area contributed by atoms with Crippen molar-refractivity contribution in [2.75, 3.05) is 5.75 Å². The first-order valence-electron chi connectivity index (χ1n) is 10.7. The zero-order valence-corrected chi connectivity index (χ0v) is 18.4. The van der Waals surface area contributed by atoms with E-state index in [1.54, 1.807) is 18.2 Å². The zero-order valence-electron chi connectivity index (χ0n) is 17.6. The third kappa shape index (κ3) is 4.30. The van der Waals surface area contributed by atoms with Gasteiger partial charge in [-0.3, -0.25) is 0 Å². The van der Waals surface area contributed by atoms with E-state index >= 15 is 0 Å². The van der Waals surface area contributed by atoms with Crippen LogP contribution in [-0.4, -0.2) is 25.4 Å². The Morgan fingerprint density at radius 2 is 1.60 bits per heavy atom. The first kappa shape index (κ1) is 22.9. The maximum atomic E-state index is 14.9. The predicted molar refractivity (Wildman–Crippen MR) is 114 cm³/mol. The number of sulfone groups is 1. The number of aliphatic hydroxyl groups excluding tert-OH is 1. The van der Waals surface area contributed by atoms with Crippen LogP contribution in [0.2, 0.25) is 0 Å². The van der Waals surface area contributed by atoms with Crippen molar-refractivity contribution in [1.29, 1.82) is 0 Å². The van der Waals surface area contributed by atoms with Gasteiger partial charge in [0.2, 0.25) is 0 Å². The second kappa shape index (κ2) is 9.15. The van der Waals surface area contributed by atoms with Crippen molar-refractivity contribution < 1.29 is 22.3 Å². The molecular weight excluding hydrogens is 406 g/mol. The topological polar surface area (TPSA) is 54.4 Å². The molecule has 0 aromatic heterocycles. The van der Waals surface area contributed by atoms with Gasteiger partial charge in [-0.15, -0.1) is 0 Å². The van der Waals surface area contributed by atoms with Crippen molar-refractivity contribution in [3.05, 3.63) is 65.2 Å². The lowest BCUT2D eigenvalue weighted by atomic mass is 9.68. The van der Waals surface area contributed by atoms with Crippen molar-refractivity contribution in [2.24, 2.45) is 5.41 Å².